The highest BCUT2D eigenvalue weighted by Gasteiger charge is 2.27. The van der Waals surface area contributed by atoms with E-state index in [1.807, 2.05) is 0 Å². The Kier molecular flexibility index (Phi) is 3.97. The Labute approximate surface area is 108 Å². The molecule has 1 fully saturated rings. The van der Waals surface area contributed by atoms with Crippen molar-refractivity contribution in [2.24, 2.45) is 5.41 Å². The van der Waals surface area contributed by atoms with Gasteiger partial charge in [-0.15, -0.1) is 0 Å². The Morgan fingerprint density at radius 1 is 1.39 bits per heavy atom. The van der Waals surface area contributed by atoms with E-state index in [0.717, 1.165) is 25.2 Å². The van der Waals surface area contributed by atoms with Crippen LogP contribution in [0.5, 0.6) is 0 Å². The third-order valence-electron chi connectivity index (χ3n) is 2.98. The summed E-state index contributed by atoms with van der Waals surface area (Å²) in [6, 6.07) is 3.13. The van der Waals surface area contributed by atoms with E-state index in [-0.39, 0.29) is 23.4 Å². The van der Waals surface area contributed by atoms with Gasteiger partial charge in [0.2, 0.25) is 0 Å². The minimum absolute atomic E-state index is 0.0771. The Morgan fingerprint density at radius 3 is 2.78 bits per heavy atom. The lowest BCUT2D eigenvalue weighted by Gasteiger charge is -2.34. The summed E-state index contributed by atoms with van der Waals surface area (Å²) in [6.45, 7) is 8.22. The van der Waals surface area contributed by atoms with E-state index >= 15 is 0 Å². The molecule has 0 bridgehead atoms. The zero-order chi connectivity index (χ0) is 13.2. The zero-order valence-electron chi connectivity index (χ0n) is 11.2. The van der Waals surface area contributed by atoms with Gasteiger partial charge in [-0.1, -0.05) is 20.8 Å². The maximum atomic E-state index is 12.8. The topological polar surface area (TPSA) is 34.2 Å². The SMILES string of the molecule is CC(C)(C)CC1CNCC(c2ccc(F)cn2)O1. The Morgan fingerprint density at radius 2 is 2.17 bits per heavy atom. The molecule has 0 aromatic carbocycles. The summed E-state index contributed by atoms with van der Waals surface area (Å²) in [4.78, 5) is 4.09. The summed E-state index contributed by atoms with van der Waals surface area (Å²) in [5.74, 6) is -0.311. The molecule has 1 N–H and O–H groups in total. The fourth-order valence-corrected chi connectivity index (χ4v) is 2.26. The molecule has 1 aliphatic heterocycles. The lowest BCUT2D eigenvalue weighted by atomic mass is 9.88. The fraction of sp³-hybridized carbons (Fsp3) is 0.643. The molecular formula is C14H21FN2O. The van der Waals surface area contributed by atoms with Crippen molar-refractivity contribution in [1.82, 2.24) is 10.3 Å². The second kappa shape index (κ2) is 5.33. The molecule has 18 heavy (non-hydrogen) atoms. The molecule has 1 saturated heterocycles. The first-order chi connectivity index (χ1) is 8.44. The number of aromatic nitrogens is 1. The zero-order valence-corrected chi connectivity index (χ0v) is 11.2. The van der Waals surface area contributed by atoms with Gasteiger partial charge < -0.3 is 10.1 Å². The molecule has 2 heterocycles. The van der Waals surface area contributed by atoms with Crippen LogP contribution >= 0.6 is 0 Å². The van der Waals surface area contributed by atoms with E-state index in [0.29, 0.717) is 0 Å². The van der Waals surface area contributed by atoms with Gasteiger partial charge in [-0.25, -0.2) is 4.39 Å². The number of ether oxygens (including phenoxy) is 1. The number of nitrogens with zero attached hydrogens (tertiary/aromatic N) is 1. The second-order valence-corrected chi connectivity index (χ2v) is 6.07. The summed E-state index contributed by atoms with van der Waals surface area (Å²) in [6.07, 6.45) is 2.35. The van der Waals surface area contributed by atoms with Crippen LogP contribution < -0.4 is 5.32 Å². The van der Waals surface area contributed by atoms with Crippen LogP contribution in [0.1, 0.15) is 39.0 Å². The summed E-state index contributed by atoms with van der Waals surface area (Å²) in [5, 5.41) is 3.36. The summed E-state index contributed by atoms with van der Waals surface area (Å²) in [7, 11) is 0. The highest BCUT2D eigenvalue weighted by Crippen LogP contribution is 2.27. The van der Waals surface area contributed by atoms with Gasteiger partial charge in [0.15, 0.2) is 0 Å². The van der Waals surface area contributed by atoms with Crippen LogP contribution in [0, 0.1) is 11.2 Å². The molecule has 1 aliphatic rings. The van der Waals surface area contributed by atoms with Crippen LogP contribution in [0.2, 0.25) is 0 Å². The normalized spacial score (nSPS) is 25.1. The van der Waals surface area contributed by atoms with Crippen LogP contribution in [-0.2, 0) is 4.74 Å². The predicted octanol–water partition coefficient (Wildman–Crippen LogP) is 2.69. The van der Waals surface area contributed by atoms with E-state index < -0.39 is 0 Å². The summed E-state index contributed by atoms with van der Waals surface area (Å²) >= 11 is 0. The van der Waals surface area contributed by atoms with Crippen molar-refractivity contribution >= 4 is 0 Å². The molecule has 0 spiro atoms. The Hall–Kier alpha value is -1.00. The van der Waals surface area contributed by atoms with Crippen molar-refractivity contribution in [3.05, 3.63) is 29.8 Å². The molecule has 2 atom stereocenters. The first kappa shape index (κ1) is 13.4. The van der Waals surface area contributed by atoms with Gasteiger partial charge in [-0.05, 0) is 24.0 Å². The Balaban J connectivity index is 2.00. The third-order valence-corrected chi connectivity index (χ3v) is 2.98. The second-order valence-electron chi connectivity index (χ2n) is 6.07. The molecule has 2 unspecified atom stereocenters. The highest BCUT2D eigenvalue weighted by atomic mass is 19.1. The molecule has 0 amide bonds. The average molecular weight is 252 g/mol. The number of hydrogen-bond acceptors (Lipinski definition) is 3. The number of hydrogen-bond donors (Lipinski definition) is 1. The molecule has 1 aromatic heterocycles. The van der Waals surface area contributed by atoms with Gasteiger partial charge in [0.25, 0.3) is 0 Å². The van der Waals surface area contributed by atoms with Crippen molar-refractivity contribution in [3.8, 4) is 0 Å². The number of rotatable bonds is 2. The van der Waals surface area contributed by atoms with Crippen LogP contribution in [0.4, 0.5) is 4.39 Å². The first-order valence-electron chi connectivity index (χ1n) is 6.42. The van der Waals surface area contributed by atoms with Crippen LogP contribution in [0.25, 0.3) is 0 Å². The van der Waals surface area contributed by atoms with Crippen LogP contribution in [-0.4, -0.2) is 24.2 Å². The van der Waals surface area contributed by atoms with Gasteiger partial charge in [0.05, 0.1) is 18.0 Å². The van der Waals surface area contributed by atoms with Crippen LogP contribution in [0.15, 0.2) is 18.3 Å². The fourth-order valence-electron chi connectivity index (χ4n) is 2.26. The van der Waals surface area contributed by atoms with Crippen molar-refractivity contribution in [1.29, 1.82) is 0 Å². The summed E-state index contributed by atoms with van der Waals surface area (Å²) in [5.41, 5.74) is 1.03. The quantitative estimate of drug-likeness (QED) is 0.878. The molecule has 4 heteroatoms. The van der Waals surface area contributed by atoms with Crippen LogP contribution in [0.3, 0.4) is 0 Å². The maximum absolute atomic E-state index is 12.8. The molecule has 3 nitrogen and oxygen atoms in total. The van der Waals surface area contributed by atoms with Gasteiger partial charge in [0.1, 0.15) is 11.9 Å². The standard InChI is InChI=1S/C14H21FN2O/c1-14(2,3)6-11-8-16-9-13(18-11)12-5-4-10(15)7-17-12/h4-5,7,11,13,16H,6,8-9H2,1-3H3. The molecule has 0 saturated carbocycles. The monoisotopic (exact) mass is 252 g/mol. The van der Waals surface area contributed by atoms with Crippen molar-refractivity contribution < 1.29 is 9.13 Å². The number of nitrogens with one attached hydrogen (secondary N) is 1. The molecule has 0 aliphatic carbocycles. The lowest BCUT2D eigenvalue weighted by molar-refractivity contribution is -0.0571. The minimum atomic E-state index is -0.311. The maximum Gasteiger partial charge on any atom is 0.141 e. The average Bonchev–Trinajstić information content (AvgIpc) is 2.28. The predicted molar refractivity (Wildman–Crippen MR) is 68.8 cm³/mol. The van der Waals surface area contributed by atoms with Gasteiger partial charge in [0, 0.05) is 13.1 Å². The molecule has 100 valence electrons. The van der Waals surface area contributed by atoms with Crippen molar-refractivity contribution in [3.63, 3.8) is 0 Å². The van der Waals surface area contributed by atoms with E-state index in [4.69, 9.17) is 4.74 Å². The Bertz CT molecular complexity index is 386. The molecule has 2 rings (SSSR count). The van der Waals surface area contributed by atoms with E-state index in [2.05, 4.69) is 31.1 Å². The first-order valence-corrected chi connectivity index (χ1v) is 6.42. The number of morpholine rings is 1. The highest BCUT2D eigenvalue weighted by molar-refractivity contribution is 5.09. The van der Waals surface area contributed by atoms with E-state index in [1.54, 1.807) is 6.07 Å². The third kappa shape index (κ3) is 3.75. The summed E-state index contributed by atoms with van der Waals surface area (Å²) < 4.78 is 18.9. The van der Waals surface area contributed by atoms with Crippen molar-refractivity contribution in [2.45, 2.75) is 39.4 Å². The van der Waals surface area contributed by atoms with Gasteiger partial charge >= 0.3 is 0 Å². The van der Waals surface area contributed by atoms with E-state index in [1.165, 1.54) is 12.3 Å². The largest absolute Gasteiger partial charge is 0.366 e. The van der Waals surface area contributed by atoms with Gasteiger partial charge in [-0.2, -0.15) is 0 Å². The van der Waals surface area contributed by atoms with E-state index in [9.17, 15) is 4.39 Å². The number of pyridine rings is 1. The molecule has 0 radical (unpaired) electrons. The number of halogens is 1. The smallest absolute Gasteiger partial charge is 0.141 e. The van der Waals surface area contributed by atoms with Gasteiger partial charge in [-0.3, -0.25) is 4.98 Å². The minimum Gasteiger partial charge on any atom is -0.366 e. The van der Waals surface area contributed by atoms with Crippen molar-refractivity contribution in [2.75, 3.05) is 13.1 Å². The lowest BCUT2D eigenvalue weighted by Crippen LogP contribution is -2.42. The molecular weight excluding hydrogens is 231 g/mol. The molecule has 1 aromatic rings.